The summed E-state index contributed by atoms with van der Waals surface area (Å²) in [5.74, 6) is 3.47. The van der Waals surface area contributed by atoms with E-state index >= 15 is 0 Å². The molecule has 0 rings (SSSR count). The fraction of sp³-hybridized carbons (Fsp3) is 0.867. The third kappa shape index (κ3) is 11.5. The molecule has 0 aliphatic heterocycles. The van der Waals surface area contributed by atoms with Crippen molar-refractivity contribution in [2.75, 3.05) is 0 Å². The van der Waals surface area contributed by atoms with Gasteiger partial charge in [0, 0.05) is 6.42 Å². The Balaban J connectivity index is 3.02. The highest BCUT2D eigenvalue weighted by molar-refractivity contribution is 4.85. The molecule has 0 heterocycles. The molecule has 0 aromatic rings. The maximum absolute atomic E-state index is 5.28. The van der Waals surface area contributed by atoms with Gasteiger partial charge in [-0.05, 0) is 12.3 Å². The molecule has 0 bridgehead atoms. The van der Waals surface area contributed by atoms with Crippen molar-refractivity contribution in [2.24, 2.45) is 5.92 Å². The van der Waals surface area contributed by atoms with Gasteiger partial charge in [-0.3, -0.25) is 0 Å². The third-order valence-electron chi connectivity index (χ3n) is 3.02. The summed E-state index contributed by atoms with van der Waals surface area (Å²) in [6, 6.07) is 0. The lowest BCUT2D eigenvalue weighted by Gasteiger charge is -2.06. The molecule has 0 aliphatic carbocycles. The molecule has 0 saturated heterocycles. The van der Waals surface area contributed by atoms with Crippen LogP contribution in [0.1, 0.15) is 78.1 Å². The van der Waals surface area contributed by atoms with Crippen LogP contribution in [0.5, 0.6) is 0 Å². The van der Waals surface area contributed by atoms with E-state index in [1.54, 1.807) is 0 Å². The third-order valence-corrected chi connectivity index (χ3v) is 3.02. The second-order valence-electron chi connectivity index (χ2n) is 4.78. The lowest BCUT2D eigenvalue weighted by atomic mass is 9.99. The lowest BCUT2D eigenvalue weighted by Crippen LogP contribution is -1.92. The first-order valence-corrected chi connectivity index (χ1v) is 6.74. The van der Waals surface area contributed by atoms with Crippen LogP contribution in [0.15, 0.2) is 0 Å². The molecule has 0 N–H and O–H groups in total. The van der Waals surface area contributed by atoms with E-state index in [2.05, 4.69) is 19.8 Å². The van der Waals surface area contributed by atoms with E-state index in [0.29, 0.717) is 0 Å². The van der Waals surface area contributed by atoms with Crippen molar-refractivity contribution in [2.45, 2.75) is 78.1 Å². The number of unbranched alkanes of at least 4 members (excludes halogenated alkanes) is 7. The van der Waals surface area contributed by atoms with E-state index in [9.17, 15) is 0 Å². The predicted octanol–water partition coefficient (Wildman–Crippen LogP) is 5.18. The lowest BCUT2D eigenvalue weighted by molar-refractivity contribution is 0.488. The zero-order valence-electron chi connectivity index (χ0n) is 10.7. The Morgan fingerprint density at radius 3 is 2.00 bits per heavy atom. The molecule has 1 atom stereocenters. The van der Waals surface area contributed by atoms with Gasteiger partial charge in [-0.15, -0.1) is 12.3 Å². The van der Waals surface area contributed by atoms with Crippen LogP contribution < -0.4 is 0 Å². The Morgan fingerprint density at radius 1 is 0.933 bits per heavy atom. The van der Waals surface area contributed by atoms with E-state index in [1.807, 2.05) is 0 Å². The predicted molar refractivity (Wildman–Crippen MR) is 69.8 cm³/mol. The molecule has 0 aromatic heterocycles. The van der Waals surface area contributed by atoms with Gasteiger partial charge in [0.2, 0.25) is 0 Å². The Kier molecular flexibility index (Phi) is 11.3. The van der Waals surface area contributed by atoms with Crippen molar-refractivity contribution in [1.29, 1.82) is 0 Å². The molecule has 15 heavy (non-hydrogen) atoms. The first kappa shape index (κ1) is 14.6. The Morgan fingerprint density at radius 2 is 1.47 bits per heavy atom. The van der Waals surface area contributed by atoms with E-state index in [0.717, 1.165) is 12.3 Å². The van der Waals surface area contributed by atoms with Gasteiger partial charge in [-0.25, -0.2) is 0 Å². The molecule has 0 aromatic carbocycles. The minimum absolute atomic E-state index is 0.732. The van der Waals surface area contributed by atoms with Crippen LogP contribution in [-0.4, -0.2) is 0 Å². The van der Waals surface area contributed by atoms with Crippen LogP contribution in [0.3, 0.4) is 0 Å². The largest absolute Gasteiger partial charge is 0.120 e. The van der Waals surface area contributed by atoms with E-state index in [-0.39, 0.29) is 0 Å². The molecule has 0 saturated carbocycles. The summed E-state index contributed by atoms with van der Waals surface area (Å²) < 4.78 is 0. The quantitative estimate of drug-likeness (QED) is 0.343. The summed E-state index contributed by atoms with van der Waals surface area (Å²) in [5, 5.41) is 0. The number of terminal acetylenes is 1. The highest BCUT2D eigenvalue weighted by atomic mass is 14.0. The summed E-state index contributed by atoms with van der Waals surface area (Å²) in [7, 11) is 0. The molecule has 0 aliphatic rings. The summed E-state index contributed by atoms with van der Waals surface area (Å²) in [6.07, 6.45) is 18.8. The van der Waals surface area contributed by atoms with Crippen LogP contribution in [0, 0.1) is 18.3 Å². The maximum Gasteiger partial charge on any atom is 0.0112 e. The average molecular weight is 208 g/mol. The molecule has 1 unspecified atom stereocenters. The molecule has 88 valence electrons. The standard InChI is InChI=1S/C15H28/c1-4-6-7-8-9-10-11-12-14-15(3)13-5-2/h2,15H,4,6-14H2,1,3H3. The van der Waals surface area contributed by atoms with E-state index in [1.165, 1.54) is 57.8 Å². The zero-order valence-corrected chi connectivity index (χ0v) is 10.7. The summed E-state index contributed by atoms with van der Waals surface area (Å²) in [6.45, 7) is 4.54. The maximum atomic E-state index is 5.28. The smallest absolute Gasteiger partial charge is 0.0112 e. The normalized spacial score (nSPS) is 12.3. The molecule has 0 fully saturated rings. The van der Waals surface area contributed by atoms with Crippen LogP contribution >= 0.6 is 0 Å². The second kappa shape index (κ2) is 11.6. The zero-order chi connectivity index (χ0) is 11.4. The minimum atomic E-state index is 0.732. The van der Waals surface area contributed by atoms with E-state index in [4.69, 9.17) is 6.42 Å². The van der Waals surface area contributed by atoms with Crippen molar-refractivity contribution in [3.63, 3.8) is 0 Å². The van der Waals surface area contributed by atoms with Crippen molar-refractivity contribution in [3.8, 4) is 12.3 Å². The van der Waals surface area contributed by atoms with Crippen LogP contribution in [0.2, 0.25) is 0 Å². The van der Waals surface area contributed by atoms with Crippen molar-refractivity contribution in [3.05, 3.63) is 0 Å². The Labute approximate surface area is 96.8 Å². The molecular formula is C15H28. The first-order valence-electron chi connectivity index (χ1n) is 6.74. The van der Waals surface area contributed by atoms with E-state index < -0.39 is 0 Å². The highest BCUT2D eigenvalue weighted by Crippen LogP contribution is 2.14. The number of hydrogen-bond acceptors (Lipinski definition) is 0. The fourth-order valence-electron chi connectivity index (χ4n) is 1.93. The Hall–Kier alpha value is -0.440. The van der Waals surface area contributed by atoms with Gasteiger partial charge in [0.25, 0.3) is 0 Å². The average Bonchev–Trinajstić information content (AvgIpc) is 2.22. The van der Waals surface area contributed by atoms with Crippen molar-refractivity contribution < 1.29 is 0 Å². The molecule has 0 nitrogen and oxygen atoms in total. The first-order chi connectivity index (χ1) is 7.31. The van der Waals surface area contributed by atoms with Crippen LogP contribution in [0.4, 0.5) is 0 Å². The molecule has 0 amide bonds. The number of rotatable bonds is 10. The number of hydrogen-bond donors (Lipinski definition) is 0. The molecule has 0 heteroatoms. The Bertz CT molecular complexity index is 152. The second-order valence-corrected chi connectivity index (χ2v) is 4.78. The molecule has 0 radical (unpaired) electrons. The molecule has 0 spiro atoms. The van der Waals surface area contributed by atoms with Crippen molar-refractivity contribution in [1.82, 2.24) is 0 Å². The van der Waals surface area contributed by atoms with Gasteiger partial charge in [0.05, 0.1) is 0 Å². The fourth-order valence-corrected chi connectivity index (χ4v) is 1.93. The van der Waals surface area contributed by atoms with Gasteiger partial charge >= 0.3 is 0 Å². The van der Waals surface area contributed by atoms with Crippen LogP contribution in [-0.2, 0) is 0 Å². The van der Waals surface area contributed by atoms with Gasteiger partial charge in [0.15, 0.2) is 0 Å². The van der Waals surface area contributed by atoms with Crippen LogP contribution in [0.25, 0.3) is 0 Å². The summed E-state index contributed by atoms with van der Waals surface area (Å²) >= 11 is 0. The van der Waals surface area contributed by atoms with Gasteiger partial charge in [-0.2, -0.15) is 0 Å². The topological polar surface area (TPSA) is 0 Å². The van der Waals surface area contributed by atoms with Gasteiger partial charge in [0.1, 0.15) is 0 Å². The SMILES string of the molecule is C#CCC(C)CCCCCCCCCC. The summed E-state index contributed by atoms with van der Waals surface area (Å²) in [5.41, 5.74) is 0. The molecular weight excluding hydrogens is 180 g/mol. The summed E-state index contributed by atoms with van der Waals surface area (Å²) in [4.78, 5) is 0. The highest BCUT2D eigenvalue weighted by Gasteiger charge is 1.99. The minimum Gasteiger partial charge on any atom is -0.120 e. The van der Waals surface area contributed by atoms with Gasteiger partial charge in [-0.1, -0.05) is 65.2 Å². The monoisotopic (exact) mass is 208 g/mol. The van der Waals surface area contributed by atoms with Crippen molar-refractivity contribution >= 4 is 0 Å². The van der Waals surface area contributed by atoms with Gasteiger partial charge < -0.3 is 0 Å².